The number of aliphatic imine (C=N–C) groups is 1. The Morgan fingerprint density at radius 3 is 2.59 bits per heavy atom. The van der Waals surface area contributed by atoms with Gasteiger partial charge in [0.2, 0.25) is 6.41 Å². The number of nitrogens with one attached hydrogen (secondary N) is 1. The molecule has 1 unspecified atom stereocenters. The van der Waals surface area contributed by atoms with Gasteiger partial charge in [0.1, 0.15) is 11.5 Å². The van der Waals surface area contributed by atoms with Gasteiger partial charge in [-0.2, -0.15) is 0 Å². The lowest BCUT2D eigenvalue weighted by molar-refractivity contribution is -0.118. The van der Waals surface area contributed by atoms with Crippen LogP contribution >= 0.6 is 0 Å². The largest absolute Gasteiger partial charge is 0.402 e. The highest BCUT2D eigenvalue weighted by Gasteiger charge is 2.19. The van der Waals surface area contributed by atoms with E-state index in [1.165, 1.54) is 16.1 Å². The van der Waals surface area contributed by atoms with Crippen LogP contribution in [0.3, 0.4) is 0 Å². The molecule has 9 nitrogen and oxygen atoms in total. The Morgan fingerprint density at radius 2 is 1.94 bits per heavy atom. The molecule has 0 saturated heterocycles. The molecule has 9 heteroatoms. The van der Waals surface area contributed by atoms with Crippen molar-refractivity contribution in [1.29, 1.82) is 0 Å². The lowest BCUT2D eigenvalue weighted by Crippen LogP contribution is -2.38. The first-order chi connectivity index (χ1) is 15.3. The normalized spacial score (nSPS) is 15.8. The molecule has 0 saturated carbocycles. The van der Waals surface area contributed by atoms with Gasteiger partial charge in [0, 0.05) is 37.1 Å². The van der Waals surface area contributed by atoms with Crippen LogP contribution in [0, 0.1) is 0 Å². The van der Waals surface area contributed by atoms with Crippen LogP contribution in [-0.2, 0) is 16.1 Å². The minimum atomic E-state index is -0.394. The fraction of sp³-hybridized carbons (Fsp3) is 0.435. The van der Waals surface area contributed by atoms with Gasteiger partial charge in [-0.1, -0.05) is 30.3 Å². The van der Waals surface area contributed by atoms with Gasteiger partial charge >= 0.3 is 0 Å². The van der Waals surface area contributed by atoms with Crippen LogP contribution < -0.4 is 22.6 Å². The summed E-state index contributed by atoms with van der Waals surface area (Å²) in [4.78, 5) is 29.8. The molecule has 32 heavy (non-hydrogen) atoms. The van der Waals surface area contributed by atoms with Crippen molar-refractivity contribution < 1.29 is 9.59 Å². The van der Waals surface area contributed by atoms with E-state index in [0.717, 1.165) is 48.9 Å². The van der Waals surface area contributed by atoms with Gasteiger partial charge in [0.25, 0.3) is 5.91 Å². The van der Waals surface area contributed by atoms with E-state index in [-0.39, 0.29) is 11.7 Å². The van der Waals surface area contributed by atoms with E-state index in [1.807, 2.05) is 37.3 Å². The summed E-state index contributed by atoms with van der Waals surface area (Å²) in [6, 6.07) is 9.49. The van der Waals surface area contributed by atoms with E-state index in [9.17, 15) is 9.59 Å². The highest BCUT2D eigenvalue weighted by molar-refractivity contribution is 6.03. The lowest BCUT2D eigenvalue weighted by atomic mass is 9.95. The third kappa shape index (κ3) is 7.73. The highest BCUT2D eigenvalue weighted by Crippen LogP contribution is 2.23. The standard InChI is InChI=1S/C23H35N7O2/c1-17(12-13-27-22(29(2)16-31)19-10-6-7-11-20(19)24)28-23(32)21(25)15-30(26)14-18-8-4-3-5-9-18/h3-5,8-9,15-17H,6-7,10-14,24-26H2,1-2H3,(H,28,32)/b21-15-,27-22?. The molecule has 0 spiro atoms. The van der Waals surface area contributed by atoms with Crippen molar-refractivity contribution in [3.8, 4) is 0 Å². The summed E-state index contributed by atoms with van der Waals surface area (Å²) in [5.41, 5.74) is 14.8. The van der Waals surface area contributed by atoms with Gasteiger partial charge in [0.05, 0.1) is 6.54 Å². The Bertz CT molecular complexity index is 864. The summed E-state index contributed by atoms with van der Waals surface area (Å²) in [5.74, 6) is 6.16. The summed E-state index contributed by atoms with van der Waals surface area (Å²) < 4.78 is 0. The molecule has 1 aromatic carbocycles. The molecule has 174 valence electrons. The molecule has 0 fully saturated rings. The maximum absolute atomic E-state index is 12.4. The molecule has 0 aliphatic heterocycles. The van der Waals surface area contributed by atoms with Crippen LogP contribution in [0.5, 0.6) is 0 Å². The van der Waals surface area contributed by atoms with Gasteiger partial charge in [0.15, 0.2) is 0 Å². The molecule has 1 atom stereocenters. The SMILES string of the molecule is CC(CCN=C(C1=C(N)CCCC1)N(C)C=O)NC(=O)/C(N)=C/N(N)Cc1ccccc1. The molecular formula is C23H35N7O2. The fourth-order valence-corrected chi connectivity index (χ4v) is 3.47. The number of rotatable bonds is 10. The second-order valence-electron chi connectivity index (χ2n) is 8.04. The molecule has 2 rings (SSSR count). The van der Waals surface area contributed by atoms with Gasteiger partial charge in [-0.3, -0.25) is 14.6 Å². The summed E-state index contributed by atoms with van der Waals surface area (Å²) in [7, 11) is 1.67. The number of nitrogens with zero attached hydrogens (tertiary/aromatic N) is 3. The monoisotopic (exact) mass is 441 g/mol. The number of hydrazine groups is 1. The molecule has 1 aliphatic rings. The van der Waals surface area contributed by atoms with Gasteiger partial charge in [-0.25, -0.2) is 5.84 Å². The number of carbonyl (C=O) groups excluding carboxylic acids is 2. The van der Waals surface area contributed by atoms with Gasteiger partial charge in [-0.05, 0) is 44.6 Å². The van der Waals surface area contributed by atoms with E-state index in [1.54, 1.807) is 7.05 Å². The van der Waals surface area contributed by atoms with Crippen molar-refractivity contribution in [2.45, 2.75) is 51.6 Å². The van der Waals surface area contributed by atoms with E-state index in [4.69, 9.17) is 17.3 Å². The predicted octanol–water partition coefficient (Wildman–Crippen LogP) is 1.33. The van der Waals surface area contributed by atoms with Crippen molar-refractivity contribution in [1.82, 2.24) is 15.2 Å². The molecule has 0 aromatic heterocycles. The first-order valence-corrected chi connectivity index (χ1v) is 10.9. The Labute approximate surface area is 190 Å². The summed E-state index contributed by atoms with van der Waals surface area (Å²) in [6.07, 6.45) is 6.45. The van der Waals surface area contributed by atoms with Crippen LogP contribution in [-0.4, -0.2) is 47.7 Å². The topological polar surface area (TPSA) is 143 Å². The highest BCUT2D eigenvalue weighted by atomic mass is 16.2. The molecule has 0 radical (unpaired) electrons. The van der Waals surface area contributed by atoms with Crippen molar-refractivity contribution in [3.63, 3.8) is 0 Å². The zero-order valence-corrected chi connectivity index (χ0v) is 19.0. The quantitative estimate of drug-likeness (QED) is 0.108. The number of amides is 2. The number of hydrogen-bond donors (Lipinski definition) is 4. The van der Waals surface area contributed by atoms with Crippen molar-refractivity contribution in [2.75, 3.05) is 13.6 Å². The van der Waals surface area contributed by atoms with Crippen LogP contribution in [0.25, 0.3) is 0 Å². The number of hydrogen-bond acceptors (Lipinski definition) is 7. The number of carbonyl (C=O) groups is 2. The van der Waals surface area contributed by atoms with Crippen LogP contribution in [0.1, 0.15) is 44.6 Å². The number of likely N-dealkylation sites (N-methyl/N-ethyl adjacent to an activating group) is 1. The van der Waals surface area contributed by atoms with Crippen molar-refractivity contribution in [3.05, 3.63) is 59.1 Å². The summed E-state index contributed by atoms with van der Waals surface area (Å²) in [6.45, 7) is 2.75. The van der Waals surface area contributed by atoms with E-state index >= 15 is 0 Å². The molecule has 1 aliphatic carbocycles. The zero-order valence-electron chi connectivity index (χ0n) is 19.0. The fourth-order valence-electron chi connectivity index (χ4n) is 3.47. The number of nitrogens with two attached hydrogens (primary N) is 3. The second-order valence-corrected chi connectivity index (χ2v) is 8.04. The Morgan fingerprint density at radius 1 is 1.25 bits per heavy atom. The van der Waals surface area contributed by atoms with Crippen LogP contribution in [0.15, 0.2) is 58.5 Å². The smallest absolute Gasteiger partial charge is 0.268 e. The summed E-state index contributed by atoms with van der Waals surface area (Å²) >= 11 is 0. The predicted molar refractivity (Wildman–Crippen MR) is 126 cm³/mol. The van der Waals surface area contributed by atoms with E-state index in [2.05, 4.69) is 10.3 Å². The number of allylic oxidation sites excluding steroid dienone is 1. The summed E-state index contributed by atoms with van der Waals surface area (Å²) in [5, 5.41) is 4.23. The third-order valence-electron chi connectivity index (χ3n) is 5.25. The zero-order chi connectivity index (χ0) is 23.5. The molecule has 0 heterocycles. The van der Waals surface area contributed by atoms with Crippen molar-refractivity contribution in [2.24, 2.45) is 22.3 Å². The molecule has 1 aromatic rings. The average molecular weight is 442 g/mol. The number of amidine groups is 1. The minimum Gasteiger partial charge on any atom is -0.402 e. The van der Waals surface area contributed by atoms with Gasteiger partial charge < -0.3 is 26.7 Å². The van der Waals surface area contributed by atoms with E-state index < -0.39 is 5.91 Å². The Hall–Kier alpha value is -3.33. The van der Waals surface area contributed by atoms with Crippen LogP contribution in [0.4, 0.5) is 0 Å². The maximum atomic E-state index is 12.4. The molecule has 0 bridgehead atoms. The van der Waals surface area contributed by atoms with Gasteiger partial charge in [-0.15, -0.1) is 0 Å². The second kappa shape index (κ2) is 12.5. The third-order valence-corrected chi connectivity index (χ3v) is 5.25. The lowest BCUT2D eigenvalue weighted by Gasteiger charge is -2.23. The van der Waals surface area contributed by atoms with E-state index in [0.29, 0.717) is 25.3 Å². The first-order valence-electron chi connectivity index (χ1n) is 10.9. The van der Waals surface area contributed by atoms with Crippen LogP contribution in [0.2, 0.25) is 0 Å². The average Bonchev–Trinajstić information content (AvgIpc) is 2.77. The maximum Gasteiger partial charge on any atom is 0.268 e. The number of benzene rings is 1. The van der Waals surface area contributed by atoms with Crippen molar-refractivity contribution >= 4 is 18.2 Å². The Balaban J connectivity index is 1.90. The molecular weight excluding hydrogens is 406 g/mol. The molecule has 2 amide bonds. The minimum absolute atomic E-state index is 0.0281. The molecule has 7 N–H and O–H groups in total. The Kier molecular flexibility index (Phi) is 9.75. The first kappa shape index (κ1) is 24.9.